The van der Waals surface area contributed by atoms with Crippen molar-refractivity contribution in [1.29, 1.82) is 0 Å². The fourth-order valence-electron chi connectivity index (χ4n) is 1.69. The van der Waals surface area contributed by atoms with Crippen LogP contribution in [0, 0.1) is 0 Å². The number of hydrogen-bond donors (Lipinski definition) is 0. The summed E-state index contributed by atoms with van der Waals surface area (Å²) in [6.07, 6.45) is 0. The Morgan fingerprint density at radius 2 is 1.95 bits per heavy atom. The van der Waals surface area contributed by atoms with E-state index in [9.17, 15) is 4.79 Å². The largest absolute Gasteiger partial charge is 0.348 e. The van der Waals surface area contributed by atoms with Crippen molar-refractivity contribution < 1.29 is 4.79 Å². The third-order valence-corrected chi connectivity index (χ3v) is 3.91. The number of nitrogens with zero attached hydrogens (tertiary/aromatic N) is 3. The lowest BCUT2D eigenvalue weighted by Gasteiger charge is -2.12. The number of carbonyl (C=O) groups is 1. The summed E-state index contributed by atoms with van der Waals surface area (Å²) < 4.78 is 0. The second kappa shape index (κ2) is 6.22. The molecular weight excluding hydrogens is 270 g/mol. The van der Waals surface area contributed by atoms with Crippen molar-refractivity contribution in [2.75, 3.05) is 19.8 Å². The molecule has 0 unspecified atom stereocenters. The summed E-state index contributed by atoms with van der Waals surface area (Å²) >= 11 is 1.48. The molecule has 5 heteroatoms. The van der Waals surface area contributed by atoms with Gasteiger partial charge >= 0.3 is 0 Å². The summed E-state index contributed by atoms with van der Waals surface area (Å²) in [6.45, 7) is 4.15. The molecule has 2 rings (SSSR count). The van der Waals surface area contributed by atoms with Crippen LogP contribution in [0.5, 0.6) is 0 Å². The maximum Gasteiger partial charge on any atom is 0.232 e. The van der Waals surface area contributed by atoms with Gasteiger partial charge in [-0.25, -0.2) is 9.97 Å². The maximum atomic E-state index is 11.7. The van der Waals surface area contributed by atoms with Gasteiger partial charge in [0.15, 0.2) is 0 Å². The Kier molecular flexibility index (Phi) is 4.60. The van der Waals surface area contributed by atoms with Gasteiger partial charge in [-0.05, 0) is 6.07 Å². The summed E-state index contributed by atoms with van der Waals surface area (Å²) in [5.74, 6) is 1.57. The van der Waals surface area contributed by atoms with E-state index in [1.807, 2.05) is 24.3 Å². The van der Waals surface area contributed by atoms with E-state index < -0.39 is 0 Å². The van der Waals surface area contributed by atoms with Crippen LogP contribution in [0.25, 0.3) is 10.9 Å². The number of thioether (sulfide) groups is 1. The van der Waals surface area contributed by atoms with E-state index in [1.165, 1.54) is 11.8 Å². The molecule has 0 fully saturated rings. The van der Waals surface area contributed by atoms with Crippen LogP contribution in [0.15, 0.2) is 29.3 Å². The molecule has 0 saturated carbocycles. The second-order valence-corrected chi connectivity index (χ2v) is 6.10. The van der Waals surface area contributed by atoms with Crippen molar-refractivity contribution in [3.8, 4) is 0 Å². The van der Waals surface area contributed by atoms with Crippen LogP contribution >= 0.6 is 11.8 Å². The van der Waals surface area contributed by atoms with Crippen molar-refractivity contribution >= 4 is 28.6 Å². The van der Waals surface area contributed by atoms with Gasteiger partial charge in [-0.3, -0.25) is 4.79 Å². The molecule has 0 saturated heterocycles. The predicted octanol–water partition coefficient (Wildman–Crippen LogP) is 2.93. The lowest BCUT2D eigenvalue weighted by atomic mass is 10.2. The first-order valence-electron chi connectivity index (χ1n) is 6.58. The number of aromatic nitrogens is 2. The highest BCUT2D eigenvalue weighted by Crippen LogP contribution is 2.27. The minimum atomic E-state index is 0.0868. The van der Waals surface area contributed by atoms with Crippen molar-refractivity contribution in [3.05, 3.63) is 30.1 Å². The van der Waals surface area contributed by atoms with Gasteiger partial charge in [0.2, 0.25) is 5.91 Å². The standard InChI is InChI=1S/C15H19N3OS/c1-10(2)14-16-12-8-6-5-7-11(12)15(17-14)20-9-13(19)18(3)4/h5-8,10H,9H2,1-4H3. The highest BCUT2D eigenvalue weighted by atomic mass is 32.2. The quantitative estimate of drug-likeness (QED) is 0.641. The zero-order valence-electron chi connectivity index (χ0n) is 12.3. The van der Waals surface area contributed by atoms with Crippen LogP contribution in [-0.4, -0.2) is 40.6 Å². The molecule has 1 aromatic carbocycles. The topological polar surface area (TPSA) is 46.1 Å². The number of hydrogen-bond acceptors (Lipinski definition) is 4. The van der Waals surface area contributed by atoms with Crippen LogP contribution < -0.4 is 0 Å². The van der Waals surface area contributed by atoms with E-state index in [0.29, 0.717) is 5.75 Å². The van der Waals surface area contributed by atoms with E-state index >= 15 is 0 Å². The van der Waals surface area contributed by atoms with Crippen molar-refractivity contribution in [2.24, 2.45) is 0 Å². The Morgan fingerprint density at radius 1 is 1.25 bits per heavy atom. The summed E-state index contributed by atoms with van der Waals surface area (Å²) in [5.41, 5.74) is 0.936. The molecule has 1 heterocycles. The van der Waals surface area contributed by atoms with Gasteiger partial charge in [0.1, 0.15) is 10.9 Å². The first kappa shape index (κ1) is 14.8. The first-order chi connectivity index (χ1) is 9.49. The molecule has 0 N–H and O–H groups in total. The molecule has 1 amide bonds. The number of fused-ring (bicyclic) bond motifs is 1. The van der Waals surface area contributed by atoms with E-state index in [1.54, 1.807) is 19.0 Å². The first-order valence-corrected chi connectivity index (χ1v) is 7.57. The monoisotopic (exact) mass is 289 g/mol. The Labute approximate surface area is 123 Å². The van der Waals surface area contributed by atoms with Crippen LogP contribution in [0.3, 0.4) is 0 Å². The third kappa shape index (κ3) is 3.28. The van der Waals surface area contributed by atoms with Gasteiger partial charge in [0, 0.05) is 25.4 Å². The van der Waals surface area contributed by atoms with Crippen LogP contribution in [0.4, 0.5) is 0 Å². The molecule has 20 heavy (non-hydrogen) atoms. The highest BCUT2D eigenvalue weighted by Gasteiger charge is 2.12. The Hall–Kier alpha value is -1.62. The maximum absolute atomic E-state index is 11.7. The Morgan fingerprint density at radius 3 is 2.60 bits per heavy atom. The van der Waals surface area contributed by atoms with E-state index in [4.69, 9.17) is 0 Å². The molecule has 0 atom stereocenters. The fraction of sp³-hybridized carbons (Fsp3) is 0.400. The molecule has 4 nitrogen and oxygen atoms in total. The molecule has 0 aliphatic heterocycles. The zero-order chi connectivity index (χ0) is 14.7. The summed E-state index contributed by atoms with van der Waals surface area (Å²) in [4.78, 5) is 22.5. The molecule has 0 radical (unpaired) electrons. The molecule has 0 spiro atoms. The molecule has 2 aromatic rings. The minimum absolute atomic E-state index is 0.0868. The summed E-state index contributed by atoms with van der Waals surface area (Å²) in [7, 11) is 3.53. The van der Waals surface area contributed by atoms with Crippen LogP contribution in [0.2, 0.25) is 0 Å². The smallest absolute Gasteiger partial charge is 0.232 e. The van der Waals surface area contributed by atoms with Crippen molar-refractivity contribution in [2.45, 2.75) is 24.8 Å². The number of carbonyl (C=O) groups excluding carboxylic acids is 1. The van der Waals surface area contributed by atoms with Gasteiger partial charge in [0.25, 0.3) is 0 Å². The molecule has 0 aliphatic rings. The molecule has 0 aliphatic carbocycles. The highest BCUT2D eigenvalue weighted by molar-refractivity contribution is 8.00. The van der Waals surface area contributed by atoms with Gasteiger partial charge < -0.3 is 4.90 Å². The van der Waals surface area contributed by atoms with Gasteiger partial charge in [-0.1, -0.05) is 43.8 Å². The normalized spacial score (nSPS) is 11.1. The van der Waals surface area contributed by atoms with E-state index in [-0.39, 0.29) is 11.8 Å². The average molecular weight is 289 g/mol. The lowest BCUT2D eigenvalue weighted by molar-refractivity contribution is -0.125. The van der Waals surface area contributed by atoms with Crippen LogP contribution in [-0.2, 0) is 4.79 Å². The van der Waals surface area contributed by atoms with Crippen molar-refractivity contribution in [1.82, 2.24) is 14.9 Å². The SMILES string of the molecule is CC(C)c1nc(SCC(=O)N(C)C)c2ccccc2n1. The lowest BCUT2D eigenvalue weighted by Crippen LogP contribution is -2.23. The second-order valence-electron chi connectivity index (χ2n) is 5.14. The number of para-hydroxylation sites is 1. The van der Waals surface area contributed by atoms with Gasteiger partial charge in [-0.15, -0.1) is 0 Å². The van der Waals surface area contributed by atoms with Crippen molar-refractivity contribution in [3.63, 3.8) is 0 Å². The molecule has 106 valence electrons. The van der Waals surface area contributed by atoms with Crippen LogP contribution in [0.1, 0.15) is 25.6 Å². The van der Waals surface area contributed by atoms with Gasteiger partial charge in [-0.2, -0.15) is 0 Å². The van der Waals surface area contributed by atoms with E-state index in [0.717, 1.165) is 21.8 Å². The third-order valence-electron chi connectivity index (χ3n) is 2.93. The summed E-state index contributed by atoms with van der Waals surface area (Å²) in [5, 5.41) is 1.89. The summed E-state index contributed by atoms with van der Waals surface area (Å²) in [6, 6.07) is 7.93. The minimum Gasteiger partial charge on any atom is -0.348 e. The molecule has 0 bridgehead atoms. The Balaban J connectivity index is 2.37. The Bertz CT molecular complexity index is 626. The average Bonchev–Trinajstić information content (AvgIpc) is 2.43. The fourth-order valence-corrected chi connectivity index (χ4v) is 2.70. The number of rotatable bonds is 4. The number of benzene rings is 1. The number of amides is 1. The predicted molar refractivity (Wildman–Crippen MR) is 83.0 cm³/mol. The zero-order valence-corrected chi connectivity index (χ0v) is 13.1. The molecular formula is C15H19N3OS. The van der Waals surface area contributed by atoms with E-state index in [2.05, 4.69) is 23.8 Å². The van der Waals surface area contributed by atoms with Gasteiger partial charge in [0.05, 0.1) is 11.3 Å². The molecule has 1 aromatic heterocycles.